The minimum absolute atomic E-state index is 0.00295. The van der Waals surface area contributed by atoms with E-state index in [0.717, 1.165) is 11.1 Å². The summed E-state index contributed by atoms with van der Waals surface area (Å²) in [4.78, 5) is 11.8. The highest BCUT2D eigenvalue weighted by molar-refractivity contribution is 7.86. The number of amides is 1. The van der Waals surface area contributed by atoms with E-state index < -0.39 is 35.0 Å². The Labute approximate surface area is 159 Å². The molecule has 27 heavy (non-hydrogen) atoms. The van der Waals surface area contributed by atoms with Crippen LogP contribution >= 0.6 is 0 Å². The molecule has 8 heteroatoms. The molecular formula is C19H23NO6S. The molecule has 0 saturated carbocycles. The molecule has 0 saturated heterocycles. The number of benzene rings is 2. The number of ether oxygens (including phenoxy) is 1. The highest BCUT2D eigenvalue weighted by atomic mass is 32.2. The fourth-order valence-corrected chi connectivity index (χ4v) is 3.05. The average Bonchev–Trinajstić information content (AvgIpc) is 2.65. The molecule has 0 radical (unpaired) electrons. The first-order valence-electron chi connectivity index (χ1n) is 8.39. The number of carbonyl (C=O) groups is 1. The number of alkyl carbamates (subject to hydrolysis) is 1. The second-order valence-corrected chi connectivity index (χ2v) is 7.73. The van der Waals surface area contributed by atoms with Crippen LogP contribution in [0.2, 0.25) is 0 Å². The van der Waals surface area contributed by atoms with Crippen LogP contribution in [0.15, 0.2) is 59.5 Å². The van der Waals surface area contributed by atoms with Gasteiger partial charge in [-0.25, -0.2) is 4.79 Å². The number of aliphatic hydroxyl groups is 1. The molecular weight excluding hydrogens is 370 g/mol. The topological polar surface area (TPSA) is 102 Å². The highest BCUT2D eigenvalue weighted by Crippen LogP contribution is 2.14. The predicted molar refractivity (Wildman–Crippen MR) is 99.5 cm³/mol. The number of rotatable bonds is 8. The maximum absolute atomic E-state index is 12.1. The molecule has 146 valence electrons. The molecule has 2 N–H and O–H groups in total. The Hall–Kier alpha value is -2.42. The van der Waals surface area contributed by atoms with E-state index in [1.165, 1.54) is 19.1 Å². The quantitative estimate of drug-likeness (QED) is 0.668. The lowest BCUT2D eigenvalue weighted by Crippen LogP contribution is -2.43. The van der Waals surface area contributed by atoms with Crippen molar-refractivity contribution in [2.45, 2.75) is 37.5 Å². The van der Waals surface area contributed by atoms with Crippen molar-refractivity contribution in [3.63, 3.8) is 0 Å². The fourth-order valence-electron chi connectivity index (χ4n) is 2.12. The molecule has 2 unspecified atom stereocenters. The summed E-state index contributed by atoms with van der Waals surface area (Å²) in [7, 11) is -3.98. The third-order valence-electron chi connectivity index (χ3n) is 3.84. The zero-order valence-electron chi connectivity index (χ0n) is 15.2. The predicted octanol–water partition coefficient (Wildman–Crippen LogP) is 2.38. The van der Waals surface area contributed by atoms with Gasteiger partial charge in [0.05, 0.1) is 23.6 Å². The second kappa shape index (κ2) is 9.50. The summed E-state index contributed by atoms with van der Waals surface area (Å²) in [5, 5.41) is 12.5. The molecule has 0 fully saturated rings. The summed E-state index contributed by atoms with van der Waals surface area (Å²) >= 11 is 0. The van der Waals surface area contributed by atoms with Crippen molar-refractivity contribution in [3.05, 3.63) is 65.7 Å². The van der Waals surface area contributed by atoms with Gasteiger partial charge in [-0.15, -0.1) is 0 Å². The highest BCUT2D eigenvalue weighted by Gasteiger charge is 2.22. The van der Waals surface area contributed by atoms with Crippen molar-refractivity contribution in [1.82, 2.24) is 5.32 Å². The van der Waals surface area contributed by atoms with Crippen LogP contribution in [-0.2, 0) is 25.6 Å². The molecule has 2 aromatic carbocycles. The van der Waals surface area contributed by atoms with E-state index in [9.17, 15) is 18.3 Å². The van der Waals surface area contributed by atoms with Crippen molar-refractivity contribution < 1.29 is 27.2 Å². The molecule has 1 amide bonds. The van der Waals surface area contributed by atoms with Gasteiger partial charge in [0.1, 0.15) is 6.61 Å². The van der Waals surface area contributed by atoms with Crippen molar-refractivity contribution >= 4 is 16.2 Å². The van der Waals surface area contributed by atoms with Crippen molar-refractivity contribution in [1.29, 1.82) is 0 Å². The minimum Gasteiger partial charge on any atom is -0.445 e. The van der Waals surface area contributed by atoms with Crippen LogP contribution in [0.5, 0.6) is 0 Å². The van der Waals surface area contributed by atoms with E-state index in [4.69, 9.17) is 8.92 Å². The number of hydrogen-bond donors (Lipinski definition) is 2. The Kier molecular flexibility index (Phi) is 7.35. The zero-order valence-corrected chi connectivity index (χ0v) is 16.0. The van der Waals surface area contributed by atoms with Crippen LogP contribution in [0.1, 0.15) is 18.1 Å². The van der Waals surface area contributed by atoms with Gasteiger partial charge in [-0.2, -0.15) is 8.42 Å². The van der Waals surface area contributed by atoms with Crippen LogP contribution in [0.4, 0.5) is 4.79 Å². The maximum Gasteiger partial charge on any atom is 0.407 e. The number of aryl methyl sites for hydroxylation is 1. The molecule has 0 spiro atoms. The number of nitrogens with one attached hydrogen (secondary N) is 1. The molecule has 2 atom stereocenters. The van der Waals surface area contributed by atoms with Gasteiger partial charge in [0.15, 0.2) is 0 Å². The Morgan fingerprint density at radius 2 is 1.74 bits per heavy atom. The Morgan fingerprint density at radius 1 is 1.11 bits per heavy atom. The van der Waals surface area contributed by atoms with Crippen LogP contribution in [0, 0.1) is 6.92 Å². The van der Waals surface area contributed by atoms with Crippen LogP contribution in [-0.4, -0.2) is 38.4 Å². The van der Waals surface area contributed by atoms with Gasteiger partial charge in [-0.05, 0) is 31.5 Å². The summed E-state index contributed by atoms with van der Waals surface area (Å²) < 4.78 is 34.1. The van der Waals surface area contributed by atoms with Gasteiger partial charge in [-0.3, -0.25) is 4.18 Å². The van der Waals surface area contributed by atoms with E-state index in [-0.39, 0.29) is 11.5 Å². The summed E-state index contributed by atoms with van der Waals surface area (Å²) in [6, 6.07) is 14.5. The molecule has 0 aliphatic heterocycles. The Bertz CT molecular complexity index is 836. The number of hydrogen-bond acceptors (Lipinski definition) is 6. The lowest BCUT2D eigenvalue weighted by molar-refractivity contribution is 0.0734. The van der Waals surface area contributed by atoms with E-state index in [1.54, 1.807) is 12.1 Å². The summed E-state index contributed by atoms with van der Waals surface area (Å²) in [5.74, 6) is 0. The van der Waals surface area contributed by atoms with Gasteiger partial charge in [0, 0.05) is 0 Å². The van der Waals surface area contributed by atoms with Crippen LogP contribution < -0.4 is 5.32 Å². The van der Waals surface area contributed by atoms with Crippen molar-refractivity contribution in [2.75, 3.05) is 6.61 Å². The summed E-state index contributed by atoms with van der Waals surface area (Å²) in [6.07, 6.45) is -1.94. The lowest BCUT2D eigenvalue weighted by atomic mass is 10.2. The molecule has 0 heterocycles. The first-order chi connectivity index (χ1) is 12.8. The van der Waals surface area contributed by atoms with Crippen molar-refractivity contribution in [3.8, 4) is 0 Å². The maximum atomic E-state index is 12.1. The Balaban J connectivity index is 1.79. The third-order valence-corrected chi connectivity index (χ3v) is 5.13. The largest absolute Gasteiger partial charge is 0.445 e. The molecule has 0 aliphatic rings. The fraction of sp³-hybridized carbons (Fsp3) is 0.316. The van der Waals surface area contributed by atoms with Crippen molar-refractivity contribution in [2.24, 2.45) is 0 Å². The monoisotopic (exact) mass is 393 g/mol. The minimum atomic E-state index is -3.98. The van der Waals surface area contributed by atoms with Gasteiger partial charge in [0.25, 0.3) is 10.1 Å². The van der Waals surface area contributed by atoms with E-state index in [0.29, 0.717) is 0 Å². The molecule has 2 rings (SSSR count). The standard InChI is InChI=1S/C19H23NO6S/c1-14-8-10-17(11-9-14)27(23,24)26-13-18(21)15(2)20-19(22)25-12-16-6-4-3-5-7-16/h3-11,15,18,21H,12-13H2,1-2H3,(H,20,22). The second-order valence-electron chi connectivity index (χ2n) is 6.11. The molecule has 7 nitrogen and oxygen atoms in total. The lowest BCUT2D eigenvalue weighted by Gasteiger charge is -2.20. The normalized spacial score (nSPS) is 13.6. The molecule has 0 aromatic heterocycles. The molecule has 0 aliphatic carbocycles. The first-order valence-corrected chi connectivity index (χ1v) is 9.80. The zero-order chi connectivity index (χ0) is 19.9. The van der Waals surface area contributed by atoms with Gasteiger partial charge < -0.3 is 15.2 Å². The summed E-state index contributed by atoms with van der Waals surface area (Å²) in [6.45, 7) is 2.96. The first kappa shape index (κ1) is 20.9. The SMILES string of the molecule is Cc1ccc(S(=O)(=O)OCC(O)C(C)NC(=O)OCc2ccccc2)cc1. The van der Waals surface area contributed by atoms with E-state index in [1.807, 2.05) is 37.3 Å². The third kappa shape index (κ3) is 6.67. The molecule has 0 bridgehead atoms. The van der Waals surface area contributed by atoms with E-state index in [2.05, 4.69) is 5.32 Å². The smallest absolute Gasteiger partial charge is 0.407 e. The van der Waals surface area contributed by atoms with Gasteiger partial charge in [0.2, 0.25) is 0 Å². The van der Waals surface area contributed by atoms with Gasteiger partial charge in [-0.1, -0.05) is 48.0 Å². The molecule has 2 aromatic rings. The summed E-state index contributed by atoms with van der Waals surface area (Å²) in [5.41, 5.74) is 1.74. The van der Waals surface area contributed by atoms with E-state index >= 15 is 0 Å². The number of carbonyl (C=O) groups excluding carboxylic acids is 1. The van der Waals surface area contributed by atoms with Gasteiger partial charge >= 0.3 is 6.09 Å². The van der Waals surface area contributed by atoms with Crippen LogP contribution in [0.25, 0.3) is 0 Å². The average molecular weight is 393 g/mol. The Morgan fingerprint density at radius 3 is 2.37 bits per heavy atom. The number of aliphatic hydroxyl groups excluding tert-OH is 1. The van der Waals surface area contributed by atoms with Crippen LogP contribution in [0.3, 0.4) is 0 Å².